The Morgan fingerprint density at radius 2 is 1.70 bits per heavy atom. The van der Waals surface area contributed by atoms with Crippen LogP contribution in [-0.4, -0.2) is 12.1 Å². The van der Waals surface area contributed by atoms with Crippen LogP contribution in [0.4, 0.5) is 13.2 Å². The van der Waals surface area contributed by atoms with Crippen molar-refractivity contribution in [1.29, 1.82) is 0 Å². The Kier molecular flexibility index (Phi) is 6.39. The van der Waals surface area contributed by atoms with Crippen molar-refractivity contribution in [3.8, 4) is 0 Å². The van der Waals surface area contributed by atoms with Gasteiger partial charge in [0.1, 0.15) is 0 Å². The number of hydrogen-bond donors (Lipinski definition) is 1. The Hall–Kier alpha value is -2.56. The summed E-state index contributed by atoms with van der Waals surface area (Å²) in [5.41, 5.74) is 5.62. The molecule has 1 fully saturated rings. The van der Waals surface area contributed by atoms with Gasteiger partial charge in [-0.2, -0.15) is 13.2 Å². The number of halogens is 3. The number of benzene rings is 2. The van der Waals surface area contributed by atoms with E-state index in [1.54, 1.807) is 18.2 Å². The van der Waals surface area contributed by atoms with E-state index < -0.39 is 12.1 Å². The van der Waals surface area contributed by atoms with Crippen molar-refractivity contribution in [3.63, 3.8) is 0 Å². The molecular formula is C25H28F3NO. The lowest BCUT2D eigenvalue weighted by molar-refractivity contribution is -0.139. The molecule has 1 atom stereocenters. The molecule has 2 nitrogen and oxygen atoms in total. The van der Waals surface area contributed by atoms with Crippen molar-refractivity contribution in [2.75, 3.05) is 0 Å². The highest BCUT2D eigenvalue weighted by molar-refractivity contribution is 5.80. The SMILES string of the molecule is Cc1cc(/C=C/C(c2cc(C)c(C)c(C)c2)C(F)(F)F)ccc1CNC(=O)C1CC1. The van der Waals surface area contributed by atoms with E-state index >= 15 is 0 Å². The number of carbonyl (C=O) groups is 1. The quantitative estimate of drug-likeness (QED) is 0.589. The van der Waals surface area contributed by atoms with Gasteiger partial charge in [0.05, 0.1) is 5.92 Å². The van der Waals surface area contributed by atoms with Gasteiger partial charge in [-0.25, -0.2) is 0 Å². The first-order chi connectivity index (χ1) is 14.1. The van der Waals surface area contributed by atoms with Gasteiger partial charge in [-0.1, -0.05) is 42.5 Å². The molecule has 0 bridgehead atoms. The van der Waals surface area contributed by atoms with Gasteiger partial charge >= 0.3 is 6.18 Å². The molecule has 0 aromatic heterocycles. The molecule has 0 heterocycles. The zero-order valence-corrected chi connectivity index (χ0v) is 17.9. The Bertz CT molecular complexity index is 948. The standard InChI is InChI=1S/C25H28F3NO/c1-15-12-22(13-16(2)18(15)4)23(25(26,27)28)10-6-19-5-7-21(17(3)11-19)14-29-24(30)20-8-9-20/h5-7,10-13,20,23H,8-9,14H2,1-4H3,(H,29,30)/b10-6+. The lowest BCUT2D eigenvalue weighted by atomic mass is 9.91. The van der Waals surface area contributed by atoms with Gasteiger partial charge < -0.3 is 5.32 Å². The minimum Gasteiger partial charge on any atom is -0.352 e. The molecule has 5 heteroatoms. The smallest absolute Gasteiger partial charge is 0.352 e. The summed E-state index contributed by atoms with van der Waals surface area (Å²) in [5, 5.41) is 2.92. The molecule has 0 saturated heterocycles. The van der Waals surface area contributed by atoms with Crippen molar-refractivity contribution < 1.29 is 18.0 Å². The van der Waals surface area contributed by atoms with Crippen molar-refractivity contribution in [2.45, 2.75) is 59.2 Å². The molecule has 1 unspecified atom stereocenters. The molecule has 1 aliphatic carbocycles. The van der Waals surface area contributed by atoms with Crippen LogP contribution in [-0.2, 0) is 11.3 Å². The van der Waals surface area contributed by atoms with E-state index in [0.717, 1.165) is 40.7 Å². The fourth-order valence-electron chi connectivity index (χ4n) is 3.56. The molecule has 2 aromatic carbocycles. The number of allylic oxidation sites excluding steroid dienone is 1. The third-order valence-electron chi connectivity index (χ3n) is 5.91. The third kappa shape index (κ3) is 5.32. The maximum absolute atomic E-state index is 13.8. The fourth-order valence-corrected chi connectivity index (χ4v) is 3.56. The number of carbonyl (C=O) groups excluding carboxylic acids is 1. The van der Waals surface area contributed by atoms with Crippen LogP contribution in [0.2, 0.25) is 0 Å². The summed E-state index contributed by atoms with van der Waals surface area (Å²) >= 11 is 0. The van der Waals surface area contributed by atoms with E-state index in [0.29, 0.717) is 12.1 Å². The fraction of sp³-hybridized carbons (Fsp3) is 0.400. The number of aryl methyl sites for hydroxylation is 3. The van der Waals surface area contributed by atoms with E-state index in [2.05, 4.69) is 5.32 Å². The Labute approximate surface area is 176 Å². The predicted octanol–water partition coefficient (Wildman–Crippen LogP) is 6.31. The van der Waals surface area contributed by atoms with E-state index in [-0.39, 0.29) is 17.4 Å². The van der Waals surface area contributed by atoms with Crippen LogP contribution in [0.1, 0.15) is 57.7 Å². The maximum atomic E-state index is 13.8. The lowest BCUT2D eigenvalue weighted by Crippen LogP contribution is -2.24. The molecular weight excluding hydrogens is 387 g/mol. The molecule has 3 rings (SSSR count). The molecule has 0 aliphatic heterocycles. The normalized spacial score (nSPS) is 15.4. The molecule has 1 saturated carbocycles. The molecule has 1 amide bonds. The monoisotopic (exact) mass is 415 g/mol. The Morgan fingerprint density at radius 3 is 2.23 bits per heavy atom. The second kappa shape index (κ2) is 8.66. The van der Waals surface area contributed by atoms with E-state index in [9.17, 15) is 18.0 Å². The van der Waals surface area contributed by atoms with Gasteiger partial charge in [-0.3, -0.25) is 4.79 Å². The van der Waals surface area contributed by atoms with Crippen LogP contribution in [0.5, 0.6) is 0 Å². The van der Waals surface area contributed by atoms with Gasteiger partial charge in [0.15, 0.2) is 0 Å². The number of hydrogen-bond acceptors (Lipinski definition) is 1. The maximum Gasteiger partial charge on any atom is 0.399 e. The Morgan fingerprint density at radius 1 is 1.07 bits per heavy atom. The minimum absolute atomic E-state index is 0.0788. The van der Waals surface area contributed by atoms with Crippen molar-refractivity contribution in [3.05, 3.63) is 75.4 Å². The third-order valence-corrected chi connectivity index (χ3v) is 5.91. The lowest BCUT2D eigenvalue weighted by Gasteiger charge is -2.19. The van der Waals surface area contributed by atoms with Gasteiger partial charge in [0.25, 0.3) is 0 Å². The first-order valence-corrected chi connectivity index (χ1v) is 10.3. The zero-order valence-electron chi connectivity index (χ0n) is 17.9. The van der Waals surface area contributed by atoms with E-state index in [1.165, 1.54) is 12.2 Å². The highest BCUT2D eigenvalue weighted by Crippen LogP contribution is 2.38. The summed E-state index contributed by atoms with van der Waals surface area (Å²) < 4.78 is 41.3. The molecule has 160 valence electrons. The van der Waals surface area contributed by atoms with Crippen LogP contribution in [0.15, 0.2) is 36.4 Å². The zero-order chi connectivity index (χ0) is 22.1. The second-order valence-electron chi connectivity index (χ2n) is 8.34. The highest BCUT2D eigenvalue weighted by atomic mass is 19.4. The average Bonchev–Trinajstić information content (AvgIpc) is 3.49. The minimum atomic E-state index is -4.37. The van der Waals surface area contributed by atoms with Crippen molar-refractivity contribution in [2.24, 2.45) is 5.92 Å². The summed E-state index contributed by atoms with van der Waals surface area (Å²) in [6, 6.07) is 8.77. The summed E-state index contributed by atoms with van der Waals surface area (Å²) in [5.74, 6) is -1.43. The highest BCUT2D eigenvalue weighted by Gasteiger charge is 2.39. The van der Waals surface area contributed by atoms with Crippen LogP contribution >= 0.6 is 0 Å². The van der Waals surface area contributed by atoms with Crippen LogP contribution in [0.25, 0.3) is 6.08 Å². The van der Waals surface area contributed by atoms with E-state index in [4.69, 9.17) is 0 Å². The molecule has 1 aliphatic rings. The summed E-state index contributed by atoms with van der Waals surface area (Å²) in [4.78, 5) is 11.8. The van der Waals surface area contributed by atoms with Crippen LogP contribution < -0.4 is 5.32 Å². The summed E-state index contributed by atoms with van der Waals surface area (Å²) in [7, 11) is 0. The Balaban J connectivity index is 1.78. The number of nitrogens with one attached hydrogen (secondary N) is 1. The second-order valence-corrected chi connectivity index (χ2v) is 8.34. The van der Waals surface area contributed by atoms with Crippen molar-refractivity contribution in [1.82, 2.24) is 5.32 Å². The molecule has 30 heavy (non-hydrogen) atoms. The van der Waals surface area contributed by atoms with Gasteiger partial charge in [-0.05, 0) is 79.5 Å². The molecule has 0 spiro atoms. The van der Waals surface area contributed by atoms with Crippen LogP contribution in [0.3, 0.4) is 0 Å². The molecule has 0 radical (unpaired) electrons. The van der Waals surface area contributed by atoms with Gasteiger partial charge in [0, 0.05) is 12.5 Å². The first kappa shape index (κ1) is 22.1. The first-order valence-electron chi connectivity index (χ1n) is 10.3. The van der Waals surface area contributed by atoms with Crippen LogP contribution in [0, 0.1) is 33.6 Å². The number of amides is 1. The van der Waals surface area contributed by atoms with Crippen molar-refractivity contribution >= 4 is 12.0 Å². The number of alkyl halides is 3. The molecule has 2 aromatic rings. The van der Waals surface area contributed by atoms with E-state index in [1.807, 2.05) is 39.8 Å². The molecule has 1 N–H and O–H groups in total. The van der Waals surface area contributed by atoms with Gasteiger partial charge in [0.2, 0.25) is 5.91 Å². The largest absolute Gasteiger partial charge is 0.399 e. The van der Waals surface area contributed by atoms with Gasteiger partial charge in [-0.15, -0.1) is 0 Å². The number of rotatable bonds is 6. The summed E-state index contributed by atoms with van der Waals surface area (Å²) in [6.45, 7) is 7.95. The average molecular weight is 415 g/mol. The summed E-state index contributed by atoms with van der Waals surface area (Å²) in [6.07, 6.45) is 0.297. The predicted molar refractivity (Wildman–Crippen MR) is 114 cm³/mol. The topological polar surface area (TPSA) is 29.1 Å².